The van der Waals surface area contributed by atoms with Gasteiger partial charge in [0.2, 0.25) is 11.9 Å². The molecular formula is C13H19N5OS. The fourth-order valence-electron chi connectivity index (χ4n) is 1.75. The number of carbonyl (C=O) groups excluding carboxylic acids is 1. The summed E-state index contributed by atoms with van der Waals surface area (Å²) in [4.78, 5) is 20.9. The molecule has 2 heterocycles. The van der Waals surface area contributed by atoms with Gasteiger partial charge in [-0.3, -0.25) is 4.79 Å². The number of nitrogens with two attached hydrogens (primary N) is 1. The van der Waals surface area contributed by atoms with Crippen molar-refractivity contribution in [3.63, 3.8) is 0 Å². The van der Waals surface area contributed by atoms with E-state index in [4.69, 9.17) is 5.73 Å². The lowest BCUT2D eigenvalue weighted by Crippen LogP contribution is -2.33. The molecule has 2 aromatic heterocycles. The second kappa shape index (κ2) is 6.51. The molecule has 0 spiro atoms. The van der Waals surface area contributed by atoms with Gasteiger partial charge >= 0.3 is 0 Å². The van der Waals surface area contributed by atoms with Crippen molar-refractivity contribution in [2.75, 3.05) is 17.6 Å². The van der Waals surface area contributed by atoms with E-state index < -0.39 is 0 Å². The molecule has 0 fully saturated rings. The molecule has 1 unspecified atom stereocenters. The molecule has 0 radical (unpaired) electrons. The Bertz CT molecular complexity index is 597. The van der Waals surface area contributed by atoms with Crippen LogP contribution in [0.4, 0.5) is 11.8 Å². The average Bonchev–Trinajstić information content (AvgIpc) is 2.86. The third-order valence-electron chi connectivity index (χ3n) is 3.01. The van der Waals surface area contributed by atoms with Gasteiger partial charge in [-0.1, -0.05) is 6.92 Å². The van der Waals surface area contributed by atoms with Crippen LogP contribution in [-0.4, -0.2) is 28.5 Å². The van der Waals surface area contributed by atoms with Crippen LogP contribution in [0.25, 0.3) is 10.2 Å². The Kier molecular flexibility index (Phi) is 4.73. The van der Waals surface area contributed by atoms with E-state index in [-0.39, 0.29) is 17.9 Å². The minimum atomic E-state index is 0.0374. The zero-order valence-corrected chi connectivity index (χ0v) is 12.5. The van der Waals surface area contributed by atoms with Crippen molar-refractivity contribution in [1.82, 2.24) is 15.3 Å². The average molecular weight is 293 g/mol. The van der Waals surface area contributed by atoms with E-state index in [1.54, 1.807) is 0 Å². The van der Waals surface area contributed by atoms with Crippen LogP contribution in [0.2, 0.25) is 0 Å². The van der Waals surface area contributed by atoms with Crippen LogP contribution >= 0.6 is 11.3 Å². The van der Waals surface area contributed by atoms with Gasteiger partial charge in [-0.05, 0) is 24.8 Å². The van der Waals surface area contributed by atoms with Crippen molar-refractivity contribution in [2.45, 2.75) is 32.7 Å². The van der Waals surface area contributed by atoms with Gasteiger partial charge in [0, 0.05) is 19.0 Å². The first-order valence-corrected chi connectivity index (χ1v) is 7.52. The Morgan fingerprint density at radius 3 is 3.05 bits per heavy atom. The highest BCUT2D eigenvalue weighted by molar-refractivity contribution is 7.16. The summed E-state index contributed by atoms with van der Waals surface area (Å²) in [7, 11) is 0. The third kappa shape index (κ3) is 3.57. The van der Waals surface area contributed by atoms with Crippen LogP contribution in [0.5, 0.6) is 0 Å². The lowest BCUT2D eigenvalue weighted by atomic mass is 10.2. The molecule has 0 aliphatic rings. The van der Waals surface area contributed by atoms with Crippen LogP contribution in [-0.2, 0) is 4.79 Å². The highest BCUT2D eigenvalue weighted by Crippen LogP contribution is 2.25. The molecule has 108 valence electrons. The lowest BCUT2D eigenvalue weighted by Gasteiger charge is -2.12. The Hall–Kier alpha value is -1.89. The van der Waals surface area contributed by atoms with Gasteiger partial charge in [-0.15, -0.1) is 11.3 Å². The number of carbonyl (C=O) groups is 1. The predicted molar refractivity (Wildman–Crippen MR) is 82.8 cm³/mol. The van der Waals surface area contributed by atoms with E-state index in [2.05, 4.69) is 20.6 Å². The third-order valence-corrected chi connectivity index (χ3v) is 3.81. The van der Waals surface area contributed by atoms with Crippen molar-refractivity contribution >= 4 is 39.2 Å². The number of fused-ring (bicyclic) bond motifs is 1. The number of aromatic nitrogens is 2. The van der Waals surface area contributed by atoms with E-state index in [9.17, 15) is 4.79 Å². The minimum absolute atomic E-state index is 0.0374. The summed E-state index contributed by atoms with van der Waals surface area (Å²) >= 11 is 1.52. The molecule has 0 aliphatic heterocycles. The number of thiophene rings is 1. The maximum Gasteiger partial charge on any atom is 0.223 e. The number of amides is 1. The highest BCUT2D eigenvalue weighted by atomic mass is 32.1. The summed E-state index contributed by atoms with van der Waals surface area (Å²) in [5, 5.41) is 8.96. The van der Waals surface area contributed by atoms with Crippen LogP contribution in [0.3, 0.4) is 0 Å². The maximum atomic E-state index is 11.7. The van der Waals surface area contributed by atoms with Gasteiger partial charge in [0.05, 0.1) is 5.39 Å². The van der Waals surface area contributed by atoms with E-state index in [0.717, 1.165) is 16.6 Å². The van der Waals surface area contributed by atoms with Crippen molar-refractivity contribution in [1.29, 1.82) is 0 Å². The highest BCUT2D eigenvalue weighted by Gasteiger charge is 2.08. The first-order chi connectivity index (χ1) is 9.60. The van der Waals surface area contributed by atoms with Crippen LogP contribution in [0.1, 0.15) is 26.7 Å². The molecule has 0 aliphatic carbocycles. The second-order valence-electron chi connectivity index (χ2n) is 4.62. The summed E-state index contributed by atoms with van der Waals surface area (Å²) in [5.74, 6) is 0.965. The molecule has 0 aromatic carbocycles. The Morgan fingerprint density at radius 2 is 2.30 bits per heavy atom. The van der Waals surface area contributed by atoms with E-state index in [1.165, 1.54) is 11.3 Å². The quantitative estimate of drug-likeness (QED) is 0.757. The lowest BCUT2D eigenvalue weighted by molar-refractivity contribution is -0.121. The zero-order chi connectivity index (χ0) is 14.5. The van der Waals surface area contributed by atoms with Crippen LogP contribution < -0.4 is 16.4 Å². The molecule has 2 aromatic rings. The smallest absolute Gasteiger partial charge is 0.223 e. The number of hydrogen-bond acceptors (Lipinski definition) is 6. The van der Waals surface area contributed by atoms with E-state index >= 15 is 0 Å². The van der Waals surface area contributed by atoms with Gasteiger partial charge in [0.1, 0.15) is 10.6 Å². The van der Waals surface area contributed by atoms with Gasteiger partial charge < -0.3 is 16.4 Å². The fourth-order valence-corrected chi connectivity index (χ4v) is 2.52. The van der Waals surface area contributed by atoms with Crippen molar-refractivity contribution in [3.05, 3.63) is 11.4 Å². The molecule has 7 heteroatoms. The monoisotopic (exact) mass is 293 g/mol. The second-order valence-corrected chi connectivity index (χ2v) is 5.52. The topological polar surface area (TPSA) is 92.9 Å². The number of hydrogen-bond donors (Lipinski definition) is 3. The van der Waals surface area contributed by atoms with Gasteiger partial charge in [0.25, 0.3) is 0 Å². The van der Waals surface area contributed by atoms with E-state index in [1.807, 2.05) is 25.3 Å². The molecule has 0 bridgehead atoms. The number of rotatable bonds is 6. The zero-order valence-electron chi connectivity index (χ0n) is 11.6. The molecule has 6 nitrogen and oxygen atoms in total. The fraction of sp³-hybridized carbons (Fsp3) is 0.462. The summed E-state index contributed by atoms with van der Waals surface area (Å²) in [6, 6.07) is 2.15. The normalized spacial score (nSPS) is 12.3. The van der Waals surface area contributed by atoms with Gasteiger partial charge in [0.15, 0.2) is 0 Å². The molecule has 2 rings (SSSR count). The summed E-state index contributed by atoms with van der Waals surface area (Å²) in [6.45, 7) is 4.55. The number of nitrogens with zero attached hydrogens (tertiary/aromatic N) is 2. The summed E-state index contributed by atoms with van der Waals surface area (Å²) in [6.07, 6.45) is 1.33. The number of nitrogen functional groups attached to an aromatic ring is 1. The SMILES string of the molecule is CCC(C)NC(=O)CCNc1nc(N)nc2sccc12. The standard InChI is InChI=1S/C13H19N5OS/c1-3-8(2)16-10(19)4-6-15-11-9-5-7-20-12(9)18-13(14)17-11/h5,7-8H,3-4,6H2,1-2H3,(H,16,19)(H3,14,15,17,18). The molecule has 1 amide bonds. The van der Waals surface area contributed by atoms with Gasteiger partial charge in [-0.25, -0.2) is 4.98 Å². The summed E-state index contributed by atoms with van der Waals surface area (Å²) in [5.41, 5.74) is 5.66. The predicted octanol–water partition coefficient (Wildman–Crippen LogP) is 1.99. The first kappa shape index (κ1) is 14.5. The van der Waals surface area contributed by atoms with Gasteiger partial charge in [-0.2, -0.15) is 4.98 Å². The Morgan fingerprint density at radius 1 is 1.50 bits per heavy atom. The number of anilines is 2. The summed E-state index contributed by atoms with van der Waals surface area (Å²) < 4.78 is 0. The Labute approximate surface area is 121 Å². The molecule has 4 N–H and O–H groups in total. The minimum Gasteiger partial charge on any atom is -0.369 e. The van der Waals surface area contributed by atoms with E-state index in [0.29, 0.717) is 18.8 Å². The molecule has 20 heavy (non-hydrogen) atoms. The van der Waals surface area contributed by atoms with Crippen molar-refractivity contribution in [2.24, 2.45) is 0 Å². The van der Waals surface area contributed by atoms with Crippen LogP contribution in [0, 0.1) is 0 Å². The van der Waals surface area contributed by atoms with Crippen LogP contribution in [0.15, 0.2) is 11.4 Å². The molecule has 0 saturated heterocycles. The molecule has 1 atom stereocenters. The Balaban J connectivity index is 1.93. The first-order valence-electron chi connectivity index (χ1n) is 6.64. The van der Waals surface area contributed by atoms with Crippen molar-refractivity contribution in [3.8, 4) is 0 Å². The number of nitrogens with one attached hydrogen (secondary N) is 2. The van der Waals surface area contributed by atoms with Crippen molar-refractivity contribution < 1.29 is 4.79 Å². The molecule has 0 saturated carbocycles. The molecular weight excluding hydrogens is 274 g/mol. The maximum absolute atomic E-state index is 11.7. The largest absolute Gasteiger partial charge is 0.369 e.